The van der Waals surface area contributed by atoms with Crippen molar-refractivity contribution in [3.8, 4) is 0 Å². The van der Waals surface area contributed by atoms with Crippen molar-refractivity contribution in [1.29, 1.82) is 0 Å². The molecule has 13 heavy (non-hydrogen) atoms. The highest BCUT2D eigenvalue weighted by atomic mass is 16.2. The molecule has 0 radical (unpaired) electrons. The standard InChI is InChI=1S/C10H11NO2/c1-8(12)11(9(2)13)10-6-4-3-5-7-10/h3-7H,1-2H3. The molecular weight excluding hydrogens is 166 g/mol. The quantitative estimate of drug-likeness (QED) is 0.653. The zero-order valence-electron chi connectivity index (χ0n) is 7.65. The second-order valence-corrected chi connectivity index (χ2v) is 2.71. The lowest BCUT2D eigenvalue weighted by Crippen LogP contribution is -2.32. The average Bonchev–Trinajstić information content (AvgIpc) is 2.04. The van der Waals surface area contributed by atoms with Crippen LogP contribution in [0.3, 0.4) is 0 Å². The minimum Gasteiger partial charge on any atom is -0.274 e. The van der Waals surface area contributed by atoms with Crippen LogP contribution in [0.5, 0.6) is 0 Å². The van der Waals surface area contributed by atoms with Gasteiger partial charge in [-0.1, -0.05) is 18.2 Å². The lowest BCUT2D eigenvalue weighted by Gasteiger charge is -2.16. The Morgan fingerprint density at radius 2 is 1.46 bits per heavy atom. The number of benzene rings is 1. The average molecular weight is 177 g/mol. The van der Waals surface area contributed by atoms with E-state index < -0.39 is 0 Å². The first-order valence-electron chi connectivity index (χ1n) is 3.99. The molecule has 3 nitrogen and oxygen atoms in total. The van der Waals surface area contributed by atoms with Gasteiger partial charge in [-0.15, -0.1) is 0 Å². The predicted molar refractivity (Wildman–Crippen MR) is 50.3 cm³/mol. The summed E-state index contributed by atoms with van der Waals surface area (Å²) in [5.74, 6) is -0.530. The number of para-hydroxylation sites is 1. The van der Waals surface area contributed by atoms with E-state index >= 15 is 0 Å². The zero-order chi connectivity index (χ0) is 9.84. The molecule has 0 saturated heterocycles. The smallest absolute Gasteiger partial charge is 0.230 e. The largest absolute Gasteiger partial charge is 0.274 e. The van der Waals surface area contributed by atoms with Crippen LogP contribution in [0.1, 0.15) is 13.8 Å². The number of hydrogen-bond donors (Lipinski definition) is 0. The van der Waals surface area contributed by atoms with Crippen LogP contribution in [0.15, 0.2) is 30.3 Å². The van der Waals surface area contributed by atoms with E-state index in [9.17, 15) is 9.59 Å². The third-order valence-electron chi connectivity index (χ3n) is 1.64. The van der Waals surface area contributed by atoms with Crippen molar-refractivity contribution in [2.45, 2.75) is 13.8 Å². The molecule has 1 rings (SSSR count). The number of nitrogens with zero attached hydrogens (tertiary/aromatic N) is 1. The maximum absolute atomic E-state index is 11.1. The van der Waals surface area contributed by atoms with Crippen LogP contribution in [0, 0.1) is 0 Å². The molecule has 68 valence electrons. The summed E-state index contributed by atoms with van der Waals surface area (Å²) in [6, 6.07) is 8.86. The summed E-state index contributed by atoms with van der Waals surface area (Å²) in [6.07, 6.45) is 0. The van der Waals surface area contributed by atoms with Gasteiger partial charge in [0.15, 0.2) is 0 Å². The lowest BCUT2D eigenvalue weighted by atomic mass is 10.3. The summed E-state index contributed by atoms with van der Waals surface area (Å²) in [5, 5.41) is 0. The molecule has 3 heteroatoms. The first-order valence-corrected chi connectivity index (χ1v) is 3.99. The molecule has 0 saturated carbocycles. The van der Waals surface area contributed by atoms with Crippen LogP contribution in [0.25, 0.3) is 0 Å². The topological polar surface area (TPSA) is 37.4 Å². The lowest BCUT2D eigenvalue weighted by molar-refractivity contribution is -0.124. The van der Waals surface area contributed by atoms with Crippen molar-refractivity contribution >= 4 is 17.5 Å². The summed E-state index contributed by atoms with van der Waals surface area (Å²) in [6.45, 7) is 2.74. The van der Waals surface area contributed by atoms with Crippen molar-refractivity contribution in [3.05, 3.63) is 30.3 Å². The molecule has 0 aliphatic heterocycles. The number of carbonyl (C=O) groups is 2. The zero-order valence-corrected chi connectivity index (χ0v) is 7.65. The Labute approximate surface area is 77.0 Å². The fourth-order valence-electron chi connectivity index (χ4n) is 1.16. The van der Waals surface area contributed by atoms with E-state index in [1.54, 1.807) is 24.3 Å². The van der Waals surface area contributed by atoms with Crippen molar-refractivity contribution in [1.82, 2.24) is 0 Å². The van der Waals surface area contributed by atoms with Gasteiger partial charge in [0.05, 0.1) is 5.69 Å². The predicted octanol–water partition coefficient (Wildman–Crippen LogP) is 1.59. The molecule has 0 N–H and O–H groups in total. The Hall–Kier alpha value is -1.64. The molecule has 0 aromatic heterocycles. The van der Waals surface area contributed by atoms with Gasteiger partial charge in [0.25, 0.3) is 0 Å². The summed E-state index contributed by atoms with van der Waals surface area (Å²) >= 11 is 0. The molecule has 1 aromatic rings. The third kappa shape index (κ3) is 2.15. The minimum absolute atomic E-state index is 0.265. The Bertz CT molecular complexity index is 305. The van der Waals surface area contributed by atoms with E-state index in [1.165, 1.54) is 13.8 Å². The van der Waals surface area contributed by atoms with Gasteiger partial charge in [0.2, 0.25) is 11.8 Å². The van der Waals surface area contributed by atoms with Gasteiger partial charge in [-0.3, -0.25) is 14.5 Å². The number of hydrogen-bond acceptors (Lipinski definition) is 2. The van der Waals surface area contributed by atoms with E-state index in [2.05, 4.69) is 0 Å². The van der Waals surface area contributed by atoms with E-state index in [-0.39, 0.29) is 11.8 Å². The Balaban J connectivity index is 3.03. The van der Waals surface area contributed by atoms with E-state index in [0.29, 0.717) is 5.69 Å². The second-order valence-electron chi connectivity index (χ2n) is 2.71. The van der Waals surface area contributed by atoms with Crippen molar-refractivity contribution in [3.63, 3.8) is 0 Å². The molecule has 0 fully saturated rings. The minimum atomic E-state index is -0.265. The highest BCUT2D eigenvalue weighted by Gasteiger charge is 2.14. The molecular formula is C10H11NO2. The van der Waals surface area contributed by atoms with Gasteiger partial charge in [-0.2, -0.15) is 0 Å². The van der Waals surface area contributed by atoms with Crippen molar-refractivity contribution < 1.29 is 9.59 Å². The molecule has 0 aliphatic carbocycles. The molecule has 0 spiro atoms. The summed E-state index contributed by atoms with van der Waals surface area (Å²) in [7, 11) is 0. The van der Waals surface area contributed by atoms with Gasteiger partial charge in [0.1, 0.15) is 0 Å². The second kappa shape index (κ2) is 3.85. The van der Waals surface area contributed by atoms with Crippen LogP contribution >= 0.6 is 0 Å². The van der Waals surface area contributed by atoms with Crippen LogP contribution in [-0.4, -0.2) is 11.8 Å². The van der Waals surface area contributed by atoms with Gasteiger partial charge >= 0.3 is 0 Å². The Morgan fingerprint density at radius 1 is 1.00 bits per heavy atom. The molecule has 2 amide bonds. The highest BCUT2D eigenvalue weighted by molar-refractivity contribution is 6.13. The molecule has 0 aliphatic rings. The molecule has 0 atom stereocenters. The highest BCUT2D eigenvalue weighted by Crippen LogP contribution is 2.13. The number of anilines is 1. The van der Waals surface area contributed by atoms with Gasteiger partial charge in [0, 0.05) is 13.8 Å². The van der Waals surface area contributed by atoms with E-state index in [0.717, 1.165) is 4.90 Å². The normalized spacial score (nSPS) is 9.38. The maximum Gasteiger partial charge on any atom is 0.230 e. The van der Waals surface area contributed by atoms with Crippen LogP contribution in [-0.2, 0) is 9.59 Å². The van der Waals surface area contributed by atoms with Gasteiger partial charge in [-0.05, 0) is 12.1 Å². The third-order valence-corrected chi connectivity index (χ3v) is 1.64. The first kappa shape index (κ1) is 9.45. The SMILES string of the molecule is CC(=O)N(C(C)=O)c1ccccc1. The monoisotopic (exact) mass is 177 g/mol. The van der Waals surface area contributed by atoms with Crippen molar-refractivity contribution in [2.24, 2.45) is 0 Å². The van der Waals surface area contributed by atoms with Gasteiger partial charge in [-0.25, -0.2) is 0 Å². The number of imide groups is 1. The molecule has 1 aromatic carbocycles. The summed E-state index contributed by atoms with van der Waals surface area (Å²) in [5.41, 5.74) is 0.613. The maximum atomic E-state index is 11.1. The van der Waals surface area contributed by atoms with Crippen LogP contribution in [0.4, 0.5) is 5.69 Å². The molecule has 0 bridgehead atoms. The molecule has 0 heterocycles. The van der Waals surface area contributed by atoms with E-state index in [1.807, 2.05) is 6.07 Å². The van der Waals surface area contributed by atoms with Crippen LogP contribution < -0.4 is 4.90 Å². The Morgan fingerprint density at radius 3 is 1.85 bits per heavy atom. The summed E-state index contributed by atoms with van der Waals surface area (Å²) < 4.78 is 0. The number of rotatable bonds is 1. The number of amides is 2. The van der Waals surface area contributed by atoms with Gasteiger partial charge < -0.3 is 0 Å². The van der Waals surface area contributed by atoms with E-state index in [4.69, 9.17) is 0 Å². The van der Waals surface area contributed by atoms with Crippen LogP contribution in [0.2, 0.25) is 0 Å². The Kier molecular flexibility index (Phi) is 2.80. The number of carbonyl (C=O) groups excluding carboxylic acids is 2. The first-order chi connectivity index (χ1) is 6.13. The summed E-state index contributed by atoms with van der Waals surface area (Å²) in [4.78, 5) is 23.3. The fourth-order valence-corrected chi connectivity index (χ4v) is 1.16. The molecule has 0 unspecified atom stereocenters. The fraction of sp³-hybridized carbons (Fsp3) is 0.200. The van der Waals surface area contributed by atoms with Crippen molar-refractivity contribution in [2.75, 3.05) is 4.90 Å².